The van der Waals surface area contributed by atoms with Crippen LogP contribution >= 0.6 is 0 Å². The predicted molar refractivity (Wildman–Crippen MR) is 92.9 cm³/mol. The molecular formula is C19H18N4O. The molecule has 0 aliphatic carbocycles. The van der Waals surface area contributed by atoms with Gasteiger partial charge in [-0.05, 0) is 31.3 Å². The van der Waals surface area contributed by atoms with Crippen LogP contribution in [-0.2, 0) is 0 Å². The number of nitrogens with zero attached hydrogens (tertiary/aromatic N) is 4. The van der Waals surface area contributed by atoms with Crippen LogP contribution in [0, 0.1) is 11.3 Å². The van der Waals surface area contributed by atoms with Crippen molar-refractivity contribution >= 4 is 11.5 Å². The molecule has 2 aromatic carbocycles. The lowest BCUT2D eigenvalue weighted by Gasteiger charge is -2.34. The fourth-order valence-electron chi connectivity index (χ4n) is 3.09. The molecule has 0 radical (unpaired) electrons. The van der Waals surface area contributed by atoms with Gasteiger partial charge in [-0.25, -0.2) is 4.99 Å². The van der Waals surface area contributed by atoms with Gasteiger partial charge in [0.25, 0.3) is 0 Å². The summed E-state index contributed by atoms with van der Waals surface area (Å²) in [5.41, 5.74) is 2.22. The van der Waals surface area contributed by atoms with Gasteiger partial charge in [0.1, 0.15) is 17.6 Å². The Morgan fingerprint density at radius 3 is 2.62 bits per heavy atom. The minimum Gasteiger partial charge on any atom is -0.453 e. The molecule has 1 fully saturated rings. The van der Waals surface area contributed by atoms with Crippen LogP contribution in [0.25, 0.3) is 0 Å². The molecule has 0 saturated carbocycles. The Bertz CT molecular complexity index is 845. The van der Waals surface area contributed by atoms with Crippen molar-refractivity contribution < 1.29 is 4.74 Å². The SMILES string of the molecule is CN1CCN(C2=Nc3ccccc3Oc3c(C#N)cccc32)CC1. The van der Waals surface area contributed by atoms with E-state index in [0.717, 1.165) is 43.3 Å². The van der Waals surface area contributed by atoms with Crippen molar-refractivity contribution in [2.24, 2.45) is 4.99 Å². The summed E-state index contributed by atoms with van der Waals surface area (Å²) in [6.07, 6.45) is 0. The molecule has 2 aliphatic heterocycles. The molecule has 5 nitrogen and oxygen atoms in total. The summed E-state index contributed by atoms with van der Waals surface area (Å²) in [6, 6.07) is 15.6. The molecule has 2 aromatic rings. The van der Waals surface area contributed by atoms with Crippen molar-refractivity contribution in [3.63, 3.8) is 0 Å². The van der Waals surface area contributed by atoms with Crippen LogP contribution in [0.5, 0.6) is 11.5 Å². The second kappa shape index (κ2) is 5.99. The summed E-state index contributed by atoms with van der Waals surface area (Å²) in [7, 11) is 2.13. The van der Waals surface area contributed by atoms with Gasteiger partial charge in [-0.3, -0.25) is 0 Å². The maximum absolute atomic E-state index is 9.47. The highest BCUT2D eigenvalue weighted by Gasteiger charge is 2.26. The number of hydrogen-bond donors (Lipinski definition) is 0. The smallest absolute Gasteiger partial charge is 0.156 e. The van der Waals surface area contributed by atoms with Crippen molar-refractivity contribution in [3.05, 3.63) is 53.6 Å². The zero-order valence-electron chi connectivity index (χ0n) is 13.6. The van der Waals surface area contributed by atoms with Gasteiger partial charge < -0.3 is 14.5 Å². The molecule has 4 rings (SSSR count). The Kier molecular flexibility index (Phi) is 3.68. The lowest BCUT2D eigenvalue weighted by molar-refractivity contribution is 0.215. The van der Waals surface area contributed by atoms with E-state index < -0.39 is 0 Å². The van der Waals surface area contributed by atoms with Crippen LogP contribution in [0.1, 0.15) is 11.1 Å². The molecule has 0 unspecified atom stereocenters. The predicted octanol–water partition coefficient (Wildman–Crippen LogP) is 2.99. The van der Waals surface area contributed by atoms with E-state index >= 15 is 0 Å². The number of benzene rings is 2. The Labute approximate surface area is 141 Å². The molecule has 0 N–H and O–H groups in total. The highest BCUT2D eigenvalue weighted by atomic mass is 16.5. The molecule has 2 heterocycles. The minimum atomic E-state index is 0.533. The monoisotopic (exact) mass is 318 g/mol. The fourth-order valence-corrected chi connectivity index (χ4v) is 3.09. The van der Waals surface area contributed by atoms with E-state index in [-0.39, 0.29) is 0 Å². The highest BCUT2D eigenvalue weighted by Crippen LogP contribution is 2.39. The number of rotatable bonds is 0. The van der Waals surface area contributed by atoms with E-state index in [1.165, 1.54) is 0 Å². The van der Waals surface area contributed by atoms with Crippen molar-refractivity contribution in [1.82, 2.24) is 9.80 Å². The van der Waals surface area contributed by atoms with Crippen LogP contribution in [0.4, 0.5) is 5.69 Å². The summed E-state index contributed by atoms with van der Waals surface area (Å²) < 4.78 is 6.09. The fraction of sp³-hybridized carbons (Fsp3) is 0.263. The van der Waals surface area contributed by atoms with E-state index in [1.807, 2.05) is 36.4 Å². The maximum atomic E-state index is 9.47. The third-order valence-corrected chi connectivity index (χ3v) is 4.48. The van der Waals surface area contributed by atoms with Crippen LogP contribution in [0.2, 0.25) is 0 Å². The molecular weight excluding hydrogens is 300 g/mol. The largest absolute Gasteiger partial charge is 0.453 e. The number of piperazine rings is 1. The average molecular weight is 318 g/mol. The average Bonchev–Trinajstić information content (AvgIpc) is 2.79. The van der Waals surface area contributed by atoms with E-state index in [1.54, 1.807) is 6.07 Å². The number of fused-ring (bicyclic) bond motifs is 2. The number of aliphatic imine (C=N–C) groups is 1. The van der Waals surface area contributed by atoms with Crippen LogP contribution in [-0.4, -0.2) is 48.9 Å². The zero-order valence-corrected chi connectivity index (χ0v) is 13.6. The topological polar surface area (TPSA) is 51.9 Å². The molecule has 120 valence electrons. The molecule has 0 aromatic heterocycles. The van der Waals surface area contributed by atoms with Crippen molar-refractivity contribution in [2.75, 3.05) is 33.2 Å². The summed E-state index contributed by atoms with van der Waals surface area (Å²) >= 11 is 0. The first-order valence-corrected chi connectivity index (χ1v) is 8.09. The quantitative estimate of drug-likeness (QED) is 0.749. The van der Waals surface area contributed by atoms with Gasteiger partial charge in [-0.15, -0.1) is 0 Å². The molecule has 0 bridgehead atoms. The van der Waals surface area contributed by atoms with Crippen molar-refractivity contribution in [3.8, 4) is 17.6 Å². The Morgan fingerprint density at radius 1 is 1.04 bits per heavy atom. The Morgan fingerprint density at radius 2 is 1.83 bits per heavy atom. The van der Waals surface area contributed by atoms with Crippen molar-refractivity contribution in [1.29, 1.82) is 5.26 Å². The number of ether oxygens (including phenoxy) is 1. The van der Waals surface area contributed by atoms with Gasteiger partial charge in [0, 0.05) is 26.2 Å². The summed E-state index contributed by atoms with van der Waals surface area (Å²) in [5.74, 6) is 2.17. The van der Waals surface area contributed by atoms with E-state index in [4.69, 9.17) is 9.73 Å². The lowest BCUT2D eigenvalue weighted by Crippen LogP contribution is -2.47. The van der Waals surface area contributed by atoms with Gasteiger partial charge in [0.05, 0.1) is 11.1 Å². The Hall–Kier alpha value is -2.84. The highest BCUT2D eigenvalue weighted by molar-refractivity contribution is 6.04. The van der Waals surface area contributed by atoms with E-state index in [9.17, 15) is 5.26 Å². The molecule has 2 aliphatic rings. The first-order valence-electron chi connectivity index (χ1n) is 8.09. The normalized spacial score (nSPS) is 17.0. The third-order valence-electron chi connectivity index (χ3n) is 4.48. The molecule has 1 saturated heterocycles. The first-order chi connectivity index (χ1) is 11.8. The van der Waals surface area contributed by atoms with Gasteiger partial charge >= 0.3 is 0 Å². The zero-order chi connectivity index (χ0) is 16.5. The number of likely N-dealkylation sites (N-methyl/N-ethyl adjacent to an activating group) is 1. The summed E-state index contributed by atoms with van der Waals surface area (Å²) in [6.45, 7) is 3.81. The number of hydrogen-bond acceptors (Lipinski definition) is 5. The Balaban J connectivity index is 1.88. The standard InChI is InChI=1S/C19H18N4O/c1-22-9-11-23(12-10-22)19-15-6-4-5-14(13-20)18(15)24-17-8-3-2-7-16(17)21-19/h2-8H,9-12H2,1H3. The first kappa shape index (κ1) is 14.7. The summed E-state index contributed by atoms with van der Waals surface area (Å²) in [4.78, 5) is 9.49. The molecule has 0 spiro atoms. The van der Waals surface area contributed by atoms with E-state index in [2.05, 4.69) is 22.9 Å². The molecule has 0 atom stereocenters. The number of para-hydroxylation sites is 3. The minimum absolute atomic E-state index is 0.533. The van der Waals surface area contributed by atoms with Crippen LogP contribution in [0.3, 0.4) is 0 Å². The number of nitriles is 1. The van der Waals surface area contributed by atoms with Crippen LogP contribution in [0.15, 0.2) is 47.5 Å². The van der Waals surface area contributed by atoms with Crippen LogP contribution < -0.4 is 4.74 Å². The maximum Gasteiger partial charge on any atom is 0.156 e. The van der Waals surface area contributed by atoms with Gasteiger partial charge in [-0.1, -0.05) is 18.2 Å². The second-order valence-electron chi connectivity index (χ2n) is 6.09. The lowest BCUT2D eigenvalue weighted by atomic mass is 10.1. The third kappa shape index (κ3) is 2.51. The number of amidine groups is 1. The molecule has 0 amide bonds. The summed E-state index contributed by atoms with van der Waals surface area (Å²) in [5, 5.41) is 9.47. The van der Waals surface area contributed by atoms with E-state index in [0.29, 0.717) is 17.1 Å². The van der Waals surface area contributed by atoms with Gasteiger partial charge in [0.2, 0.25) is 0 Å². The van der Waals surface area contributed by atoms with Gasteiger partial charge in [0.15, 0.2) is 11.5 Å². The second-order valence-corrected chi connectivity index (χ2v) is 6.09. The molecule has 5 heteroatoms. The van der Waals surface area contributed by atoms with Crippen molar-refractivity contribution in [2.45, 2.75) is 0 Å². The molecule has 24 heavy (non-hydrogen) atoms. The van der Waals surface area contributed by atoms with Gasteiger partial charge in [-0.2, -0.15) is 5.26 Å².